The van der Waals surface area contributed by atoms with E-state index in [-0.39, 0.29) is 78.7 Å². The minimum absolute atomic E-state index is 0. The third kappa shape index (κ3) is 15.1. The molecule has 0 spiro atoms. The van der Waals surface area contributed by atoms with Crippen molar-refractivity contribution in [2.75, 3.05) is 70.0 Å². The third-order valence-corrected chi connectivity index (χ3v) is 13.0. The lowest BCUT2D eigenvalue weighted by atomic mass is 9.69. The number of imide groups is 1. The molecule has 1 saturated carbocycles. The van der Waals surface area contributed by atoms with E-state index in [9.17, 15) is 28.4 Å². The highest BCUT2D eigenvalue weighted by molar-refractivity contribution is 7.13. The molecule has 2 aromatic heterocycles. The maximum Gasteiger partial charge on any atom is 0.255 e. The van der Waals surface area contributed by atoms with Crippen molar-refractivity contribution in [2.24, 2.45) is 5.41 Å². The summed E-state index contributed by atoms with van der Waals surface area (Å²) in [5, 5.41) is 14.1. The predicted molar refractivity (Wildman–Crippen MR) is 259 cm³/mol. The van der Waals surface area contributed by atoms with E-state index in [1.165, 1.54) is 22.3 Å². The van der Waals surface area contributed by atoms with Crippen LogP contribution in [0, 0.1) is 11.2 Å². The smallest absolute Gasteiger partial charge is 0.255 e. The molecule has 5 amide bonds. The van der Waals surface area contributed by atoms with Gasteiger partial charge in [-0.15, -0.1) is 23.7 Å². The van der Waals surface area contributed by atoms with Crippen LogP contribution < -0.4 is 26.0 Å². The highest BCUT2D eigenvalue weighted by Gasteiger charge is 2.43. The Balaban J connectivity index is 0.00000782. The molecule has 0 bridgehead atoms. The Morgan fingerprint density at radius 3 is 2.32 bits per heavy atom. The molecule has 4 aromatic rings. The number of nitrogens with one attached hydrogen (secondary N) is 4. The van der Waals surface area contributed by atoms with E-state index in [0.29, 0.717) is 127 Å². The van der Waals surface area contributed by atoms with Crippen molar-refractivity contribution in [1.82, 2.24) is 25.5 Å². The number of aromatic nitrogens is 2. The number of hydrogen-bond acceptors (Lipinski definition) is 14. The predicted octanol–water partition coefficient (Wildman–Crippen LogP) is 6.80. The summed E-state index contributed by atoms with van der Waals surface area (Å²) in [5.41, 5.74) is 1.65. The Labute approximate surface area is 415 Å². The Kier molecular flexibility index (Phi) is 20.5. The van der Waals surface area contributed by atoms with Gasteiger partial charge < -0.3 is 44.5 Å². The van der Waals surface area contributed by atoms with Crippen molar-refractivity contribution in [1.29, 1.82) is 0 Å². The lowest BCUT2D eigenvalue weighted by molar-refractivity contribution is -0.137. The number of unbranched alkanes of at least 4 members (excludes halogenated alkanes) is 1. The molecule has 3 aliphatic rings. The van der Waals surface area contributed by atoms with Crippen LogP contribution in [0.2, 0.25) is 5.02 Å². The first-order valence-electron chi connectivity index (χ1n) is 23.0. The molecular weight excluding hydrogens is 957 g/mol. The second kappa shape index (κ2) is 26.6. The third-order valence-electron chi connectivity index (χ3n) is 12.0. The number of benzene rings is 2. The number of rotatable bonds is 26. The Morgan fingerprint density at radius 1 is 0.884 bits per heavy atom. The molecule has 1 unspecified atom stereocenters. The fourth-order valence-electron chi connectivity index (χ4n) is 8.48. The first kappa shape index (κ1) is 53.1. The van der Waals surface area contributed by atoms with Crippen molar-refractivity contribution in [3.05, 3.63) is 93.8 Å². The second-order valence-electron chi connectivity index (χ2n) is 16.7. The quantitative estimate of drug-likeness (QED) is 0.0378. The Bertz CT molecular complexity index is 2360. The van der Waals surface area contributed by atoms with Crippen molar-refractivity contribution in [2.45, 2.75) is 82.9 Å². The average Bonchev–Trinajstić information content (AvgIpc) is 3.97. The van der Waals surface area contributed by atoms with Crippen molar-refractivity contribution < 1.29 is 52.0 Å². The number of nitrogens with zero attached hydrogens (tertiary/aromatic N) is 3. The fourth-order valence-corrected chi connectivity index (χ4v) is 9.18. The van der Waals surface area contributed by atoms with Crippen LogP contribution >= 0.6 is 35.3 Å². The maximum atomic E-state index is 14.6. The monoisotopic (exact) mass is 1010 g/mol. The number of halogens is 3. The van der Waals surface area contributed by atoms with Gasteiger partial charge in [0.05, 0.1) is 62.8 Å². The van der Waals surface area contributed by atoms with Crippen LogP contribution in [0.15, 0.2) is 66.2 Å². The van der Waals surface area contributed by atoms with Gasteiger partial charge in [-0.2, -0.15) is 0 Å². The average molecular weight is 1020 g/mol. The van der Waals surface area contributed by atoms with E-state index in [2.05, 4.69) is 26.3 Å². The van der Waals surface area contributed by atoms with Crippen LogP contribution in [0.5, 0.6) is 5.75 Å². The van der Waals surface area contributed by atoms with Crippen LogP contribution in [0.1, 0.15) is 79.4 Å². The highest BCUT2D eigenvalue weighted by Crippen LogP contribution is 2.41. The second-order valence-corrected chi connectivity index (χ2v) is 18.0. The molecule has 69 heavy (non-hydrogen) atoms. The number of carbonyl (C=O) groups is 5. The summed E-state index contributed by atoms with van der Waals surface area (Å²) in [6.45, 7) is 3.56. The number of anilines is 3. The summed E-state index contributed by atoms with van der Waals surface area (Å²) in [6.07, 6.45) is 5.99. The van der Waals surface area contributed by atoms with Gasteiger partial charge in [0.2, 0.25) is 23.6 Å². The topological polar surface area (TPSA) is 209 Å². The number of thiazole rings is 1. The number of ether oxygens (including phenoxy) is 5. The van der Waals surface area contributed by atoms with Crippen molar-refractivity contribution in [3.8, 4) is 5.75 Å². The number of pyridine rings is 1. The molecule has 1 aliphatic carbocycles. The van der Waals surface area contributed by atoms with E-state index < -0.39 is 23.2 Å². The van der Waals surface area contributed by atoms with Gasteiger partial charge in [-0.25, -0.2) is 14.4 Å². The van der Waals surface area contributed by atoms with Gasteiger partial charge in [-0.1, -0.05) is 29.8 Å². The molecule has 7 rings (SSSR count). The molecule has 4 N–H and O–H groups in total. The zero-order valence-corrected chi connectivity index (χ0v) is 40.5. The molecular formula is C48H58Cl2FN7O10S. The van der Waals surface area contributed by atoms with E-state index in [0.717, 1.165) is 10.8 Å². The molecule has 21 heteroatoms. The van der Waals surface area contributed by atoms with Crippen molar-refractivity contribution in [3.63, 3.8) is 0 Å². The molecule has 0 radical (unpaired) electrons. The Morgan fingerprint density at radius 2 is 1.59 bits per heavy atom. The fraction of sp³-hybridized carbons (Fsp3) is 0.479. The summed E-state index contributed by atoms with van der Waals surface area (Å²) < 4.78 is 43.2. The molecule has 4 heterocycles. The van der Waals surface area contributed by atoms with Crippen molar-refractivity contribution >= 4 is 81.5 Å². The standard InChI is InChI=1S/C48H57ClFN7O10S.ClH/c49-36-8-5-10-39(43(36)50)67-33-15-17-48(18-16-33,30-32-6-3-11-40(53-32)55-47-52-20-29-68-47)46(62)51-19-22-64-24-26-66-28-27-65-25-23-63-21-2-1-12-41(58)54-37-9-4-7-34-35(37)31-57(45(34)61)38-13-14-42(59)56-44(38)60;/h3-11,20,29,33,38H,1-2,12-19,21-28,30-31H2,(H,51,62)(H,54,58)(H,52,53,55)(H,56,59,60);1H. The molecule has 17 nitrogen and oxygen atoms in total. The SMILES string of the molecule is Cl.O=C1CCC(N2Cc3c(NC(=O)CCCCOCCOCCOCCOCCNC(=O)C4(Cc5cccc(Nc6nccs6)n5)CCC(Oc5cccc(Cl)c5F)CC4)cccc3C2=O)C(=O)N1. The maximum absolute atomic E-state index is 14.6. The highest BCUT2D eigenvalue weighted by atomic mass is 35.5. The van der Waals surface area contributed by atoms with Crippen LogP contribution in [0.4, 0.5) is 21.0 Å². The number of carbonyl (C=O) groups excluding carboxylic acids is 5. The Hall–Kier alpha value is -5.28. The van der Waals surface area contributed by atoms with Gasteiger partial charge in [0.15, 0.2) is 16.7 Å². The summed E-state index contributed by atoms with van der Waals surface area (Å²) in [5.74, 6) is -1.24. The first-order valence-corrected chi connectivity index (χ1v) is 24.2. The van der Waals surface area contributed by atoms with Gasteiger partial charge in [0.1, 0.15) is 11.9 Å². The zero-order chi connectivity index (χ0) is 47.7. The molecule has 1 atom stereocenters. The number of hydrogen-bond donors (Lipinski definition) is 4. The summed E-state index contributed by atoms with van der Waals surface area (Å²) in [4.78, 5) is 74.2. The van der Waals surface area contributed by atoms with Crippen LogP contribution in [-0.2, 0) is 51.1 Å². The normalized spacial score (nSPS) is 18.8. The lowest BCUT2D eigenvalue weighted by Gasteiger charge is -2.39. The van der Waals surface area contributed by atoms with E-state index in [1.807, 2.05) is 23.6 Å². The number of fused-ring (bicyclic) bond motifs is 1. The molecule has 1 saturated heterocycles. The molecule has 2 fully saturated rings. The van der Waals surface area contributed by atoms with E-state index in [1.54, 1.807) is 36.5 Å². The minimum Gasteiger partial charge on any atom is -0.487 e. The van der Waals surface area contributed by atoms with E-state index >= 15 is 0 Å². The summed E-state index contributed by atoms with van der Waals surface area (Å²) in [6, 6.07) is 14.8. The molecule has 2 aliphatic heterocycles. The first-order chi connectivity index (χ1) is 33.1. The van der Waals surface area contributed by atoms with Crippen LogP contribution in [0.3, 0.4) is 0 Å². The largest absolute Gasteiger partial charge is 0.487 e. The summed E-state index contributed by atoms with van der Waals surface area (Å²) in [7, 11) is 0. The lowest BCUT2D eigenvalue weighted by Crippen LogP contribution is -2.52. The van der Waals surface area contributed by atoms with Gasteiger partial charge >= 0.3 is 0 Å². The minimum atomic E-state index is -0.754. The van der Waals surface area contributed by atoms with Gasteiger partial charge in [0.25, 0.3) is 5.91 Å². The number of piperidine rings is 1. The number of amides is 5. The van der Waals surface area contributed by atoms with Crippen LogP contribution in [0.25, 0.3) is 0 Å². The van der Waals surface area contributed by atoms with Crippen LogP contribution in [-0.4, -0.2) is 116 Å². The summed E-state index contributed by atoms with van der Waals surface area (Å²) >= 11 is 7.45. The van der Waals surface area contributed by atoms with Gasteiger partial charge in [0, 0.05) is 73.0 Å². The van der Waals surface area contributed by atoms with Gasteiger partial charge in [-0.3, -0.25) is 29.3 Å². The zero-order valence-electron chi connectivity index (χ0n) is 38.1. The van der Waals surface area contributed by atoms with E-state index in [4.69, 9.17) is 40.3 Å². The van der Waals surface area contributed by atoms with Gasteiger partial charge in [-0.05, 0) is 81.3 Å². The molecule has 372 valence electrons. The molecule has 2 aromatic carbocycles.